The molecule has 0 unspecified atom stereocenters. The molecule has 0 saturated carbocycles. The third-order valence-electron chi connectivity index (χ3n) is 3.64. The van der Waals surface area contributed by atoms with Gasteiger partial charge in [-0.1, -0.05) is 6.07 Å². The molecule has 1 aromatic rings. The second-order valence-electron chi connectivity index (χ2n) is 5.34. The van der Waals surface area contributed by atoms with E-state index in [4.69, 9.17) is 4.74 Å². The van der Waals surface area contributed by atoms with Crippen LogP contribution in [0.5, 0.6) is 0 Å². The van der Waals surface area contributed by atoms with Gasteiger partial charge in [0.2, 0.25) is 0 Å². The average Bonchev–Trinajstić information content (AvgIpc) is 2.53. The molecule has 6 nitrogen and oxygen atoms in total. The molecule has 0 atom stereocenters. The number of likely N-dealkylation sites (N-methyl/N-ethyl adjacent to an activating group) is 1. The van der Waals surface area contributed by atoms with Crippen molar-refractivity contribution < 1.29 is 9.53 Å². The summed E-state index contributed by atoms with van der Waals surface area (Å²) in [4.78, 5) is 20.5. The first kappa shape index (κ1) is 15.9. The molecule has 0 aromatic carbocycles. The van der Waals surface area contributed by atoms with E-state index in [9.17, 15) is 4.79 Å². The quantitative estimate of drug-likeness (QED) is 0.756. The SMILES string of the molecule is COC(=O)c1cccc(CN(C)CCN2CCNCC2)n1. The Balaban J connectivity index is 1.81. The van der Waals surface area contributed by atoms with Gasteiger partial charge < -0.3 is 10.1 Å². The Morgan fingerprint density at radius 1 is 1.43 bits per heavy atom. The number of piperazine rings is 1. The number of aromatic nitrogens is 1. The van der Waals surface area contributed by atoms with Crippen LogP contribution < -0.4 is 5.32 Å². The Labute approximate surface area is 126 Å². The van der Waals surface area contributed by atoms with Gasteiger partial charge in [0.15, 0.2) is 0 Å². The van der Waals surface area contributed by atoms with E-state index in [0.717, 1.165) is 51.5 Å². The first-order chi connectivity index (χ1) is 10.2. The summed E-state index contributed by atoms with van der Waals surface area (Å²) >= 11 is 0. The van der Waals surface area contributed by atoms with Gasteiger partial charge >= 0.3 is 5.97 Å². The fourth-order valence-electron chi connectivity index (χ4n) is 2.39. The van der Waals surface area contributed by atoms with E-state index in [0.29, 0.717) is 5.69 Å². The summed E-state index contributed by atoms with van der Waals surface area (Å²) in [6, 6.07) is 5.46. The van der Waals surface area contributed by atoms with Crippen LogP contribution in [-0.2, 0) is 11.3 Å². The van der Waals surface area contributed by atoms with E-state index < -0.39 is 0 Å². The number of hydrogen-bond donors (Lipinski definition) is 1. The Hall–Kier alpha value is -1.50. The van der Waals surface area contributed by atoms with E-state index in [1.165, 1.54) is 7.11 Å². The fourth-order valence-corrected chi connectivity index (χ4v) is 2.39. The van der Waals surface area contributed by atoms with Gasteiger partial charge in [-0.05, 0) is 19.2 Å². The Morgan fingerprint density at radius 3 is 2.90 bits per heavy atom. The largest absolute Gasteiger partial charge is 0.464 e. The molecule has 2 heterocycles. The van der Waals surface area contributed by atoms with Crippen LogP contribution in [-0.4, -0.2) is 74.2 Å². The summed E-state index contributed by atoms with van der Waals surface area (Å²) in [7, 11) is 3.45. The van der Waals surface area contributed by atoms with Crippen LogP contribution in [0.1, 0.15) is 16.2 Å². The minimum absolute atomic E-state index is 0.366. The number of rotatable bonds is 6. The molecule has 0 aliphatic carbocycles. The van der Waals surface area contributed by atoms with Crippen molar-refractivity contribution in [2.24, 2.45) is 0 Å². The summed E-state index contributed by atoms with van der Waals surface area (Å²) in [5.41, 5.74) is 1.26. The van der Waals surface area contributed by atoms with Crippen LogP contribution in [0.3, 0.4) is 0 Å². The number of esters is 1. The lowest BCUT2D eigenvalue weighted by Crippen LogP contribution is -2.45. The molecule has 0 bridgehead atoms. The normalized spacial score (nSPS) is 16.1. The summed E-state index contributed by atoms with van der Waals surface area (Å²) in [6.45, 7) is 7.17. The number of methoxy groups -OCH3 is 1. The smallest absolute Gasteiger partial charge is 0.356 e. The molecule has 1 aliphatic heterocycles. The number of carbonyl (C=O) groups excluding carboxylic acids is 1. The second-order valence-corrected chi connectivity index (χ2v) is 5.34. The van der Waals surface area contributed by atoms with Crippen molar-refractivity contribution in [2.45, 2.75) is 6.54 Å². The summed E-state index contributed by atoms with van der Waals surface area (Å²) in [5, 5.41) is 3.36. The van der Waals surface area contributed by atoms with E-state index in [2.05, 4.69) is 27.1 Å². The van der Waals surface area contributed by atoms with Gasteiger partial charge in [-0.3, -0.25) is 9.80 Å². The molecular weight excluding hydrogens is 268 g/mol. The van der Waals surface area contributed by atoms with Gasteiger partial charge in [-0.2, -0.15) is 0 Å². The molecule has 1 saturated heterocycles. The van der Waals surface area contributed by atoms with E-state index >= 15 is 0 Å². The molecule has 1 N–H and O–H groups in total. The molecule has 0 radical (unpaired) electrons. The minimum atomic E-state index is -0.389. The highest BCUT2D eigenvalue weighted by Gasteiger charge is 2.11. The predicted octanol–water partition coefficient (Wildman–Crippen LogP) is 0.205. The zero-order valence-electron chi connectivity index (χ0n) is 12.8. The molecule has 116 valence electrons. The maximum absolute atomic E-state index is 11.5. The molecule has 1 aliphatic rings. The lowest BCUT2D eigenvalue weighted by atomic mass is 10.3. The van der Waals surface area contributed by atoms with Crippen LogP contribution in [0.2, 0.25) is 0 Å². The monoisotopic (exact) mass is 292 g/mol. The number of nitrogens with zero attached hydrogens (tertiary/aromatic N) is 3. The molecule has 2 rings (SSSR count). The van der Waals surface area contributed by atoms with Crippen LogP contribution in [0.4, 0.5) is 0 Å². The average molecular weight is 292 g/mol. The summed E-state index contributed by atoms with van der Waals surface area (Å²) < 4.78 is 4.70. The molecule has 0 spiro atoms. The zero-order valence-corrected chi connectivity index (χ0v) is 12.8. The van der Waals surface area contributed by atoms with E-state index in [1.807, 2.05) is 12.1 Å². The van der Waals surface area contributed by atoms with Gasteiger partial charge in [0.1, 0.15) is 5.69 Å². The third-order valence-corrected chi connectivity index (χ3v) is 3.64. The summed E-state index contributed by atoms with van der Waals surface area (Å²) in [6.07, 6.45) is 0. The number of carbonyl (C=O) groups is 1. The van der Waals surface area contributed by atoms with Crippen LogP contribution in [0.25, 0.3) is 0 Å². The Morgan fingerprint density at radius 2 is 2.19 bits per heavy atom. The maximum Gasteiger partial charge on any atom is 0.356 e. The van der Waals surface area contributed by atoms with Crippen molar-refractivity contribution in [3.63, 3.8) is 0 Å². The molecular formula is C15H24N4O2. The van der Waals surface area contributed by atoms with Crippen molar-refractivity contribution in [1.29, 1.82) is 0 Å². The van der Waals surface area contributed by atoms with Crippen LogP contribution >= 0.6 is 0 Å². The highest BCUT2D eigenvalue weighted by Crippen LogP contribution is 2.04. The van der Waals surface area contributed by atoms with Crippen molar-refractivity contribution >= 4 is 5.97 Å². The van der Waals surface area contributed by atoms with E-state index in [1.54, 1.807) is 6.07 Å². The number of hydrogen-bond acceptors (Lipinski definition) is 6. The first-order valence-electron chi connectivity index (χ1n) is 7.35. The highest BCUT2D eigenvalue weighted by molar-refractivity contribution is 5.87. The highest BCUT2D eigenvalue weighted by atomic mass is 16.5. The lowest BCUT2D eigenvalue weighted by Gasteiger charge is -2.29. The maximum atomic E-state index is 11.5. The van der Waals surface area contributed by atoms with Crippen molar-refractivity contribution in [3.8, 4) is 0 Å². The van der Waals surface area contributed by atoms with Crippen molar-refractivity contribution in [1.82, 2.24) is 20.1 Å². The van der Waals surface area contributed by atoms with Gasteiger partial charge in [-0.25, -0.2) is 9.78 Å². The molecule has 6 heteroatoms. The second kappa shape index (κ2) is 8.07. The number of nitrogens with one attached hydrogen (secondary N) is 1. The lowest BCUT2D eigenvalue weighted by molar-refractivity contribution is 0.0593. The number of pyridine rings is 1. The molecule has 1 aromatic heterocycles. The van der Waals surface area contributed by atoms with Gasteiger partial charge in [0.25, 0.3) is 0 Å². The van der Waals surface area contributed by atoms with Crippen molar-refractivity contribution in [3.05, 3.63) is 29.6 Å². The Bertz CT molecular complexity index is 461. The fraction of sp³-hybridized carbons (Fsp3) is 0.600. The summed E-state index contributed by atoms with van der Waals surface area (Å²) in [5.74, 6) is -0.389. The van der Waals surface area contributed by atoms with Gasteiger partial charge in [-0.15, -0.1) is 0 Å². The van der Waals surface area contributed by atoms with Gasteiger partial charge in [0.05, 0.1) is 12.8 Å². The van der Waals surface area contributed by atoms with Crippen LogP contribution in [0, 0.1) is 0 Å². The zero-order chi connectivity index (χ0) is 15.1. The standard InChI is InChI=1S/C15H24N4O2/c1-18(10-11-19-8-6-16-7-9-19)12-13-4-3-5-14(17-13)15(20)21-2/h3-5,16H,6-12H2,1-2H3. The molecule has 1 fully saturated rings. The number of ether oxygens (including phenoxy) is 1. The Kier molecular flexibility index (Phi) is 6.10. The first-order valence-corrected chi connectivity index (χ1v) is 7.35. The van der Waals surface area contributed by atoms with Crippen molar-refractivity contribution in [2.75, 3.05) is 53.4 Å². The predicted molar refractivity (Wildman–Crippen MR) is 81.2 cm³/mol. The molecule has 21 heavy (non-hydrogen) atoms. The third kappa shape index (κ3) is 5.08. The van der Waals surface area contributed by atoms with E-state index in [-0.39, 0.29) is 5.97 Å². The van der Waals surface area contributed by atoms with Crippen LogP contribution in [0.15, 0.2) is 18.2 Å². The minimum Gasteiger partial charge on any atom is -0.464 e. The molecule has 0 amide bonds. The van der Waals surface area contributed by atoms with Gasteiger partial charge in [0, 0.05) is 45.8 Å². The topological polar surface area (TPSA) is 57.7 Å².